The van der Waals surface area contributed by atoms with Gasteiger partial charge in [0.1, 0.15) is 13.2 Å². The molecule has 0 spiro atoms. The first-order chi connectivity index (χ1) is 14.8. The van der Waals surface area contributed by atoms with Gasteiger partial charge in [-0.2, -0.15) is 0 Å². The highest BCUT2D eigenvalue weighted by molar-refractivity contribution is 7.92. The van der Waals surface area contributed by atoms with Crippen LogP contribution in [0.1, 0.15) is 31.7 Å². The molecule has 1 N–H and O–H groups in total. The molecule has 1 aliphatic rings. The zero-order chi connectivity index (χ0) is 22.3. The Labute approximate surface area is 184 Å². The molecule has 3 rings (SSSR count). The van der Waals surface area contributed by atoms with Crippen molar-refractivity contribution in [1.82, 2.24) is 5.32 Å². The van der Waals surface area contributed by atoms with Gasteiger partial charge in [0.2, 0.25) is 15.9 Å². The van der Waals surface area contributed by atoms with Crippen LogP contribution in [0.4, 0.5) is 5.69 Å². The SMILES string of the molecule is CC(CCc1ccccc1)NC(=O)CCCN(c1ccc2c(c1)OCCO2)S(C)(=O)=O. The second-order valence-corrected chi connectivity index (χ2v) is 9.67. The number of hydrogen-bond donors (Lipinski definition) is 1. The van der Waals surface area contributed by atoms with Crippen molar-refractivity contribution >= 4 is 21.6 Å². The van der Waals surface area contributed by atoms with Crippen LogP contribution >= 0.6 is 0 Å². The summed E-state index contributed by atoms with van der Waals surface area (Å²) in [4.78, 5) is 12.3. The Balaban J connectivity index is 1.50. The summed E-state index contributed by atoms with van der Waals surface area (Å²) in [6.45, 7) is 3.10. The van der Waals surface area contributed by atoms with Crippen LogP contribution in [0.25, 0.3) is 0 Å². The van der Waals surface area contributed by atoms with Crippen LogP contribution in [-0.2, 0) is 21.2 Å². The smallest absolute Gasteiger partial charge is 0.232 e. The molecule has 0 saturated heterocycles. The summed E-state index contributed by atoms with van der Waals surface area (Å²) in [5.74, 6) is 1.06. The van der Waals surface area contributed by atoms with Gasteiger partial charge in [0.05, 0.1) is 11.9 Å². The van der Waals surface area contributed by atoms with E-state index in [0.717, 1.165) is 19.1 Å². The molecule has 0 aromatic heterocycles. The van der Waals surface area contributed by atoms with E-state index in [4.69, 9.17) is 9.47 Å². The molecular weight excluding hydrogens is 416 g/mol. The van der Waals surface area contributed by atoms with Gasteiger partial charge in [0.25, 0.3) is 0 Å². The molecule has 1 aliphatic heterocycles. The van der Waals surface area contributed by atoms with Crippen molar-refractivity contribution in [3.8, 4) is 11.5 Å². The van der Waals surface area contributed by atoms with E-state index < -0.39 is 10.0 Å². The van der Waals surface area contributed by atoms with Crippen LogP contribution in [0.15, 0.2) is 48.5 Å². The largest absolute Gasteiger partial charge is 0.486 e. The molecule has 0 radical (unpaired) electrons. The maximum absolute atomic E-state index is 12.3. The van der Waals surface area contributed by atoms with Gasteiger partial charge < -0.3 is 14.8 Å². The van der Waals surface area contributed by atoms with Crippen molar-refractivity contribution < 1.29 is 22.7 Å². The number of fused-ring (bicyclic) bond motifs is 1. The first kappa shape index (κ1) is 22.9. The monoisotopic (exact) mass is 446 g/mol. The lowest BCUT2D eigenvalue weighted by molar-refractivity contribution is -0.121. The summed E-state index contributed by atoms with van der Waals surface area (Å²) in [5.41, 5.74) is 1.75. The number of aryl methyl sites for hydroxylation is 1. The van der Waals surface area contributed by atoms with Crippen LogP contribution in [0.3, 0.4) is 0 Å². The third kappa shape index (κ3) is 6.89. The van der Waals surface area contributed by atoms with Crippen molar-refractivity contribution in [2.45, 2.75) is 38.6 Å². The predicted octanol–water partition coefficient (Wildman–Crippen LogP) is 3.14. The lowest BCUT2D eigenvalue weighted by atomic mass is 10.1. The van der Waals surface area contributed by atoms with Crippen molar-refractivity contribution in [2.24, 2.45) is 0 Å². The quantitative estimate of drug-likeness (QED) is 0.606. The molecule has 7 nitrogen and oxygen atoms in total. The molecule has 168 valence electrons. The number of ether oxygens (including phenoxy) is 2. The molecular formula is C23H30N2O5S. The highest BCUT2D eigenvalue weighted by atomic mass is 32.2. The van der Waals surface area contributed by atoms with Crippen LogP contribution in [-0.4, -0.2) is 46.4 Å². The summed E-state index contributed by atoms with van der Waals surface area (Å²) >= 11 is 0. The third-order valence-corrected chi connectivity index (χ3v) is 6.29. The molecule has 31 heavy (non-hydrogen) atoms. The van der Waals surface area contributed by atoms with E-state index >= 15 is 0 Å². The van der Waals surface area contributed by atoms with Gasteiger partial charge in [-0.3, -0.25) is 9.10 Å². The number of benzene rings is 2. The number of carbonyl (C=O) groups is 1. The van der Waals surface area contributed by atoms with Gasteiger partial charge >= 0.3 is 0 Å². The Kier molecular flexibility index (Phi) is 7.79. The normalized spacial score (nSPS) is 14.0. The van der Waals surface area contributed by atoms with Gasteiger partial charge in [-0.1, -0.05) is 30.3 Å². The molecule has 1 unspecified atom stereocenters. The molecule has 1 heterocycles. The van der Waals surface area contributed by atoms with Gasteiger partial charge in [0, 0.05) is 25.1 Å². The average Bonchev–Trinajstić information content (AvgIpc) is 2.75. The van der Waals surface area contributed by atoms with Gasteiger partial charge in [-0.05, 0) is 43.9 Å². The van der Waals surface area contributed by atoms with Crippen LogP contribution in [0.5, 0.6) is 11.5 Å². The molecule has 0 saturated carbocycles. The van der Waals surface area contributed by atoms with E-state index in [1.165, 1.54) is 9.87 Å². The molecule has 0 aliphatic carbocycles. The first-order valence-electron chi connectivity index (χ1n) is 10.5. The minimum atomic E-state index is -3.50. The predicted molar refractivity (Wildman–Crippen MR) is 121 cm³/mol. The van der Waals surface area contributed by atoms with Gasteiger partial charge in [-0.15, -0.1) is 0 Å². The zero-order valence-corrected chi connectivity index (χ0v) is 18.9. The van der Waals surface area contributed by atoms with Crippen molar-refractivity contribution in [2.75, 3.05) is 30.3 Å². The Morgan fingerprint density at radius 1 is 1.10 bits per heavy atom. The number of hydrogen-bond acceptors (Lipinski definition) is 5. The van der Waals surface area contributed by atoms with Crippen molar-refractivity contribution in [3.63, 3.8) is 0 Å². The fourth-order valence-corrected chi connectivity index (χ4v) is 4.46. The zero-order valence-electron chi connectivity index (χ0n) is 18.0. The van der Waals surface area contributed by atoms with Crippen molar-refractivity contribution in [3.05, 3.63) is 54.1 Å². The minimum absolute atomic E-state index is 0.0523. The maximum Gasteiger partial charge on any atom is 0.232 e. The summed E-state index contributed by atoms with van der Waals surface area (Å²) in [6, 6.07) is 15.3. The number of rotatable bonds is 10. The lowest BCUT2D eigenvalue weighted by Crippen LogP contribution is -2.35. The second kappa shape index (κ2) is 10.5. The molecule has 0 fully saturated rings. The Morgan fingerprint density at radius 2 is 1.81 bits per heavy atom. The Bertz CT molecular complexity index is 979. The molecule has 0 bridgehead atoms. The Hall–Kier alpha value is -2.74. The Morgan fingerprint density at radius 3 is 2.52 bits per heavy atom. The van der Waals surface area contributed by atoms with Crippen LogP contribution < -0.4 is 19.1 Å². The van der Waals surface area contributed by atoms with Gasteiger partial charge in [-0.25, -0.2) is 8.42 Å². The van der Waals surface area contributed by atoms with Crippen LogP contribution in [0.2, 0.25) is 0 Å². The number of carbonyl (C=O) groups excluding carboxylic acids is 1. The van der Waals surface area contributed by atoms with E-state index in [2.05, 4.69) is 17.4 Å². The number of anilines is 1. The van der Waals surface area contributed by atoms with E-state index in [9.17, 15) is 13.2 Å². The summed E-state index contributed by atoms with van der Waals surface area (Å²) < 4.78 is 37.0. The molecule has 2 aromatic carbocycles. The highest BCUT2D eigenvalue weighted by Crippen LogP contribution is 2.34. The number of sulfonamides is 1. The second-order valence-electron chi connectivity index (χ2n) is 7.76. The summed E-state index contributed by atoms with van der Waals surface area (Å²) in [7, 11) is -3.50. The third-order valence-electron chi connectivity index (χ3n) is 5.10. The fraction of sp³-hybridized carbons (Fsp3) is 0.435. The number of nitrogens with one attached hydrogen (secondary N) is 1. The lowest BCUT2D eigenvalue weighted by Gasteiger charge is -2.25. The van der Waals surface area contributed by atoms with Gasteiger partial charge in [0.15, 0.2) is 11.5 Å². The van der Waals surface area contributed by atoms with Crippen LogP contribution in [0, 0.1) is 0 Å². The number of nitrogens with zero attached hydrogens (tertiary/aromatic N) is 1. The topological polar surface area (TPSA) is 84.9 Å². The van der Waals surface area contributed by atoms with E-state index in [1.807, 2.05) is 25.1 Å². The standard InChI is InChI=1S/C23H30N2O5S/c1-18(10-11-19-7-4-3-5-8-19)24-23(26)9-6-14-25(31(2,27)28)20-12-13-21-22(17-20)30-16-15-29-21/h3-5,7-8,12-13,17-18H,6,9-11,14-16H2,1-2H3,(H,24,26). The highest BCUT2D eigenvalue weighted by Gasteiger charge is 2.21. The summed E-state index contributed by atoms with van der Waals surface area (Å²) in [5, 5.41) is 3.00. The molecule has 1 amide bonds. The van der Waals surface area contributed by atoms with E-state index in [1.54, 1.807) is 18.2 Å². The summed E-state index contributed by atoms with van der Waals surface area (Å²) in [6.07, 6.45) is 3.58. The van der Waals surface area contributed by atoms with Crippen molar-refractivity contribution in [1.29, 1.82) is 0 Å². The molecule has 8 heteroatoms. The maximum atomic E-state index is 12.3. The van der Waals surface area contributed by atoms with E-state index in [0.29, 0.717) is 36.8 Å². The molecule has 1 atom stereocenters. The average molecular weight is 447 g/mol. The first-order valence-corrected chi connectivity index (χ1v) is 12.4. The molecule has 2 aromatic rings. The number of amides is 1. The minimum Gasteiger partial charge on any atom is -0.486 e. The fourth-order valence-electron chi connectivity index (χ4n) is 3.50. The van der Waals surface area contributed by atoms with E-state index in [-0.39, 0.29) is 24.9 Å².